The SMILES string of the molecule is C=C1O[C@@](C)(C(C)(C)C)O[C@H]1C. The molecular formula is C10H18O2. The first-order chi connectivity index (χ1) is 5.26. The van der Waals surface area contributed by atoms with E-state index >= 15 is 0 Å². The molecule has 0 unspecified atom stereocenters. The fraction of sp³-hybridized carbons (Fsp3) is 0.800. The van der Waals surface area contributed by atoms with Crippen molar-refractivity contribution in [2.24, 2.45) is 5.41 Å². The van der Waals surface area contributed by atoms with Crippen molar-refractivity contribution in [3.63, 3.8) is 0 Å². The molecule has 1 fully saturated rings. The van der Waals surface area contributed by atoms with E-state index in [1.54, 1.807) is 0 Å². The average molecular weight is 170 g/mol. The second-order valence-corrected chi connectivity index (χ2v) is 4.52. The Balaban J connectivity index is 2.84. The topological polar surface area (TPSA) is 18.5 Å². The van der Waals surface area contributed by atoms with E-state index < -0.39 is 5.79 Å². The van der Waals surface area contributed by atoms with Crippen LogP contribution in [0.3, 0.4) is 0 Å². The van der Waals surface area contributed by atoms with Crippen LogP contribution in [0.25, 0.3) is 0 Å². The van der Waals surface area contributed by atoms with Gasteiger partial charge in [-0.2, -0.15) is 0 Å². The van der Waals surface area contributed by atoms with Gasteiger partial charge in [0.1, 0.15) is 11.9 Å². The summed E-state index contributed by atoms with van der Waals surface area (Å²) in [7, 11) is 0. The van der Waals surface area contributed by atoms with Gasteiger partial charge < -0.3 is 9.47 Å². The average Bonchev–Trinajstić information content (AvgIpc) is 2.06. The molecule has 1 rings (SSSR count). The molecular weight excluding hydrogens is 152 g/mol. The molecule has 1 heterocycles. The maximum atomic E-state index is 5.70. The van der Waals surface area contributed by atoms with E-state index in [2.05, 4.69) is 27.4 Å². The highest BCUT2D eigenvalue weighted by Gasteiger charge is 2.47. The minimum Gasteiger partial charge on any atom is -0.464 e. The Labute approximate surface area is 74.6 Å². The van der Waals surface area contributed by atoms with Gasteiger partial charge in [-0.1, -0.05) is 27.4 Å². The van der Waals surface area contributed by atoms with Gasteiger partial charge in [-0.15, -0.1) is 0 Å². The van der Waals surface area contributed by atoms with E-state index in [-0.39, 0.29) is 11.5 Å². The zero-order valence-corrected chi connectivity index (χ0v) is 8.60. The van der Waals surface area contributed by atoms with Crippen molar-refractivity contribution >= 4 is 0 Å². The van der Waals surface area contributed by atoms with E-state index in [0.29, 0.717) is 0 Å². The third kappa shape index (κ3) is 1.36. The summed E-state index contributed by atoms with van der Waals surface area (Å²) in [5.41, 5.74) is -0.0271. The lowest BCUT2D eigenvalue weighted by atomic mass is 9.87. The third-order valence-electron chi connectivity index (χ3n) is 2.54. The Morgan fingerprint density at radius 3 is 2.08 bits per heavy atom. The van der Waals surface area contributed by atoms with E-state index in [9.17, 15) is 0 Å². The van der Waals surface area contributed by atoms with Crippen LogP contribution in [-0.4, -0.2) is 11.9 Å². The Bertz CT molecular complexity index is 202. The van der Waals surface area contributed by atoms with E-state index in [4.69, 9.17) is 9.47 Å². The molecule has 12 heavy (non-hydrogen) atoms. The molecule has 2 heteroatoms. The van der Waals surface area contributed by atoms with Crippen molar-refractivity contribution in [1.29, 1.82) is 0 Å². The monoisotopic (exact) mass is 170 g/mol. The molecule has 2 nitrogen and oxygen atoms in total. The Hall–Kier alpha value is -0.500. The zero-order valence-electron chi connectivity index (χ0n) is 8.60. The standard InChI is InChI=1S/C10H18O2/c1-7-8(2)12-10(6,11-7)9(3,4)5/h8H,1H2,2-6H3/t8-,10+/m0/s1. The lowest BCUT2D eigenvalue weighted by molar-refractivity contribution is -0.210. The Morgan fingerprint density at radius 2 is 1.92 bits per heavy atom. The second kappa shape index (κ2) is 2.49. The molecule has 0 N–H and O–H groups in total. The molecule has 1 saturated heterocycles. The normalized spacial score (nSPS) is 36.8. The summed E-state index contributed by atoms with van der Waals surface area (Å²) >= 11 is 0. The van der Waals surface area contributed by atoms with Gasteiger partial charge in [0.15, 0.2) is 0 Å². The van der Waals surface area contributed by atoms with Crippen LogP contribution in [0, 0.1) is 5.41 Å². The molecule has 0 aromatic heterocycles. The van der Waals surface area contributed by atoms with Crippen LogP contribution in [0.5, 0.6) is 0 Å². The molecule has 2 atom stereocenters. The smallest absolute Gasteiger partial charge is 0.212 e. The van der Waals surface area contributed by atoms with Crippen LogP contribution in [-0.2, 0) is 9.47 Å². The Morgan fingerprint density at radius 1 is 1.42 bits per heavy atom. The van der Waals surface area contributed by atoms with Gasteiger partial charge in [0, 0.05) is 12.3 Å². The van der Waals surface area contributed by atoms with Crippen LogP contribution in [0.4, 0.5) is 0 Å². The maximum Gasteiger partial charge on any atom is 0.212 e. The molecule has 1 aliphatic heterocycles. The van der Waals surface area contributed by atoms with Gasteiger partial charge in [0.25, 0.3) is 0 Å². The largest absolute Gasteiger partial charge is 0.464 e. The zero-order chi connectivity index (χ0) is 9.57. The van der Waals surface area contributed by atoms with Crippen molar-refractivity contribution < 1.29 is 9.47 Å². The first-order valence-corrected chi connectivity index (χ1v) is 4.32. The summed E-state index contributed by atoms with van der Waals surface area (Å²) in [4.78, 5) is 0. The minimum absolute atomic E-state index is 0.00854. The summed E-state index contributed by atoms with van der Waals surface area (Å²) in [5, 5.41) is 0. The van der Waals surface area contributed by atoms with Gasteiger partial charge in [-0.25, -0.2) is 0 Å². The first kappa shape index (κ1) is 9.59. The van der Waals surface area contributed by atoms with Crippen LogP contribution < -0.4 is 0 Å². The van der Waals surface area contributed by atoms with Gasteiger partial charge >= 0.3 is 0 Å². The molecule has 0 spiro atoms. The fourth-order valence-electron chi connectivity index (χ4n) is 1.09. The highest BCUT2D eigenvalue weighted by molar-refractivity contribution is 5.01. The van der Waals surface area contributed by atoms with Crippen LogP contribution in [0.2, 0.25) is 0 Å². The van der Waals surface area contributed by atoms with Crippen molar-refractivity contribution in [2.45, 2.75) is 46.5 Å². The van der Waals surface area contributed by atoms with Gasteiger partial charge in [-0.3, -0.25) is 0 Å². The van der Waals surface area contributed by atoms with E-state index in [0.717, 1.165) is 5.76 Å². The summed E-state index contributed by atoms with van der Waals surface area (Å²) < 4.78 is 11.3. The predicted molar refractivity (Wildman–Crippen MR) is 48.6 cm³/mol. The summed E-state index contributed by atoms with van der Waals surface area (Å²) in [6.07, 6.45) is 0.00854. The van der Waals surface area contributed by atoms with Gasteiger partial charge in [0.05, 0.1) is 0 Å². The molecule has 0 aromatic rings. The molecule has 0 saturated carbocycles. The molecule has 0 aromatic carbocycles. The van der Waals surface area contributed by atoms with Crippen molar-refractivity contribution in [2.75, 3.05) is 0 Å². The maximum absolute atomic E-state index is 5.70. The number of hydrogen-bond donors (Lipinski definition) is 0. The molecule has 70 valence electrons. The molecule has 0 amide bonds. The fourth-order valence-corrected chi connectivity index (χ4v) is 1.09. The number of ether oxygens (including phenoxy) is 2. The summed E-state index contributed by atoms with van der Waals surface area (Å²) in [6.45, 7) is 14.0. The predicted octanol–water partition coefficient (Wildman–Crippen LogP) is 2.70. The number of rotatable bonds is 0. The molecule has 0 aliphatic carbocycles. The van der Waals surface area contributed by atoms with Crippen LogP contribution >= 0.6 is 0 Å². The van der Waals surface area contributed by atoms with Crippen molar-refractivity contribution in [3.05, 3.63) is 12.3 Å². The summed E-state index contributed by atoms with van der Waals surface area (Å²) in [5.74, 6) is 0.205. The number of hydrogen-bond acceptors (Lipinski definition) is 2. The van der Waals surface area contributed by atoms with E-state index in [1.165, 1.54) is 0 Å². The minimum atomic E-state index is -0.524. The third-order valence-corrected chi connectivity index (χ3v) is 2.54. The lowest BCUT2D eigenvalue weighted by Gasteiger charge is -2.36. The van der Waals surface area contributed by atoms with Gasteiger partial charge in [-0.05, 0) is 6.92 Å². The first-order valence-electron chi connectivity index (χ1n) is 4.32. The van der Waals surface area contributed by atoms with Crippen molar-refractivity contribution in [3.8, 4) is 0 Å². The summed E-state index contributed by atoms with van der Waals surface area (Å²) in [6, 6.07) is 0. The highest BCUT2D eigenvalue weighted by Crippen LogP contribution is 2.42. The molecule has 0 bridgehead atoms. The van der Waals surface area contributed by atoms with E-state index in [1.807, 2.05) is 13.8 Å². The lowest BCUT2D eigenvalue weighted by Crippen LogP contribution is -2.41. The Kier molecular flexibility index (Phi) is 1.99. The van der Waals surface area contributed by atoms with Crippen LogP contribution in [0.1, 0.15) is 34.6 Å². The quantitative estimate of drug-likeness (QED) is 0.556. The second-order valence-electron chi connectivity index (χ2n) is 4.52. The van der Waals surface area contributed by atoms with Gasteiger partial charge in [0.2, 0.25) is 5.79 Å². The van der Waals surface area contributed by atoms with Crippen molar-refractivity contribution in [1.82, 2.24) is 0 Å². The molecule has 1 aliphatic rings. The van der Waals surface area contributed by atoms with Crippen LogP contribution in [0.15, 0.2) is 12.3 Å². The molecule has 0 radical (unpaired) electrons. The highest BCUT2D eigenvalue weighted by atomic mass is 16.7.